The second kappa shape index (κ2) is 5.91. The zero-order valence-corrected chi connectivity index (χ0v) is 11.3. The molecular weight excluding hydrogens is 287 g/mol. The second-order valence-corrected chi connectivity index (χ2v) is 4.71. The molecule has 0 fully saturated rings. The molecule has 0 saturated carbocycles. The Morgan fingerprint density at radius 3 is 2.63 bits per heavy atom. The van der Waals surface area contributed by atoms with Gasteiger partial charge in [0.05, 0.1) is 4.92 Å². The lowest BCUT2D eigenvalue weighted by atomic mass is 10.2. The number of hydrogen-bond donors (Lipinski definition) is 1. The minimum atomic E-state index is -0.429. The molecule has 0 unspecified atom stereocenters. The smallest absolute Gasteiger partial charge is 0.292 e. The van der Waals surface area contributed by atoms with Crippen molar-refractivity contribution in [1.29, 1.82) is 0 Å². The van der Waals surface area contributed by atoms with Crippen LogP contribution in [0.1, 0.15) is 5.56 Å². The summed E-state index contributed by atoms with van der Waals surface area (Å²) in [6.45, 7) is 0.365. The van der Waals surface area contributed by atoms with Crippen molar-refractivity contribution in [2.75, 3.05) is 5.32 Å². The topological polar surface area (TPSA) is 55.2 Å². The molecule has 4 nitrogen and oxygen atoms in total. The molecule has 2 rings (SSSR count). The Kier molecular flexibility index (Phi) is 4.24. The molecule has 0 aliphatic heterocycles. The average molecular weight is 297 g/mol. The molecule has 0 spiro atoms. The van der Waals surface area contributed by atoms with Crippen molar-refractivity contribution >= 4 is 34.6 Å². The first-order valence-electron chi connectivity index (χ1n) is 5.49. The van der Waals surface area contributed by atoms with Crippen LogP contribution in [0.5, 0.6) is 0 Å². The summed E-state index contributed by atoms with van der Waals surface area (Å²) in [5.41, 5.74) is 1.26. The summed E-state index contributed by atoms with van der Waals surface area (Å²) in [6.07, 6.45) is 0. The summed E-state index contributed by atoms with van der Waals surface area (Å²) in [4.78, 5) is 10.4. The highest BCUT2D eigenvalue weighted by atomic mass is 35.5. The third-order valence-corrected chi connectivity index (χ3v) is 3.18. The van der Waals surface area contributed by atoms with Crippen LogP contribution in [0.15, 0.2) is 42.5 Å². The first-order chi connectivity index (χ1) is 9.08. The van der Waals surface area contributed by atoms with E-state index in [1.165, 1.54) is 6.07 Å². The molecule has 1 N–H and O–H groups in total. The van der Waals surface area contributed by atoms with Crippen molar-refractivity contribution in [2.24, 2.45) is 0 Å². The van der Waals surface area contributed by atoms with Crippen LogP contribution in [0.2, 0.25) is 10.0 Å². The Hall–Kier alpha value is -1.78. The Morgan fingerprint density at radius 2 is 1.89 bits per heavy atom. The zero-order chi connectivity index (χ0) is 13.8. The van der Waals surface area contributed by atoms with Crippen LogP contribution in [0.4, 0.5) is 11.4 Å². The monoisotopic (exact) mass is 296 g/mol. The Balaban J connectivity index is 2.19. The van der Waals surface area contributed by atoms with E-state index < -0.39 is 4.92 Å². The van der Waals surface area contributed by atoms with Crippen molar-refractivity contribution in [1.82, 2.24) is 0 Å². The van der Waals surface area contributed by atoms with E-state index in [1.54, 1.807) is 36.4 Å². The van der Waals surface area contributed by atoms with Crippen LogP contribution < -0.4 is 5.32 Å². The van der Waals surface area contributed by atoms with Gasteiger partial charge in [-0.2, -0.15) is 0 Å². The van der Waals surface area contributed by atoms with Gasteiger partial charge in [0.15, 0.2) is 0 Å². The number of para-hydroxylation sites is 2. The Labute approximate surface area is 120 Å². The molecule has 0 bridgehead atoms. The molecule has 19 heavy (non-hydrogen) atoms. The van der Waals surface area contributed by atoms with E-state index in [1.807, 2.05) is 0 Å². The summed E-state index contributed by atoms with van der Waals surface area (Å²) in [6, 6.07) is 11.6. The largest absolute Gasteiger partial charge is 0.375 e. The van der Waals surface area contributed by atoms with Gasteiger partial charge in [-0.25, -0.2) is 0 Å². The van der Waals surface area contributed by atoms with Crippen LogP contribution in [-0.4, -0.2) is 4.92 Å². The molecule has 0 amide bonds. The van der Waals surface area contributed by atoms with Gasteiger partial charge < -0.3 is 5.32 Å². The zero-order valence-electron chi connectivity index (χ0n) is 9.77. The van der Waals surface area contributed by atoms with Crippen molar-refractivity contribution < 1.29 is 4.92 Å². The van der Waals surface area contributed by atoms with E-state index in [9.17, 15) is 10.1 Å². The van der Waals surface area contributed by atoms with E-state index in [4.69, 9.17) is 23.2 Å². The van der Waals surface area contributed by atoms with Gasteiger partial charge in [-0.3, -0.25) is 10.1 Å². The van der Waals surface area contributed by atoms with E-state index >= 15 is 0 Å². The fraction of sp³-hybridized carbons (Fsp3) is 0.0769. The third-order valence-electron chi connectivity index (χ3n) is 2.58. The maximum Gasteiger partial charge on any atom is 0.292 e. The number of anilines is 1. The molecule has 0 radical (unpaired) electrons. The highest BCUT2D eigenvalue weighted by molar-refractivity contribution is 6.33. The number of hydrogen-bond acceptors (Lipinski definition) is 3. The van der Waals surface area contributed by atoms with Crippen molar-refractivity contribution in [3.05, 3.63) is 68.2 Å². The molecule has 0 atom stereocenters. The molecule has 2 aromatic rings. The average Bonchev–Trinajstić information content (AvgIpc) is 2.40. The minimum absolute atomic E-state index is 0.0284. The number of halogens is 2. The molecule has 0 aromatic heterocycles. The molecule has 2 aromatic carbocycles. The SMILES string of the molecule is O=[N+]([O-])c1ccccc1NCc1cc(Cl)ccc1Cl. The maximum atomic E-state index is 10.9. The number of rotatable bonds is 4. The van der Waals surface area contributed by atoms with Gasteiger partial charge >= 0.3 is 0 Å². The second-order valence-electron chi connectivity index (χ2n) is 3.86. The van der Waals surface area contributed by atoms with Crippen molar-refractivity contribution in [3.63, 3.8) is 0 Å². The highest BCUT2D eigenvalue weighted by Crippen LogP contribution is 2.26. The normalized spacial score (nSPS) is 10.2. The van der Waals surface area contributed by atoms with Crippen molar-refractivity contribution in [3.8, 4) is 0 Å². The first-order valence-corrected chi connectivity index (χ1v) is 6.25. The fourth-order valence-corrected chi connectivity index (χ4v) is 2.03. The molecular formula is C13H10Cl2N2O2. The summed E-state index contributed by atoms with van der Waals surface area (Å²) >= 11 is 11.9. The maximum absolute atomic E-state index is 10.9. The predicted octanol–water partition coefficient (Wildman–Crippen LogP) is 4.51. The van der Waals surface area contributed by atoms with Gasteiger partial charge in [-0.15, -0.1) is 0 Å². The van der Waals surface area contributed by atoms with Gasteiger partial charge in [0, 0.05) is 22.7 Å². The van der Waals surface area contributed by atoms with Gasteiger partial charge in [0.2, 0.25) is 0 Å². The summed E-state index contributed by atoms with van der Waals surface area (Å²) in [5, 5.41) is 15.0. The quantitative estimate of drug-likeness (QED) is 0.667. The molecule has 0 saturated heterocycles. The van der Waals surface area contributed by atoms with Crippen LogP contribution in [0.25, 0.3) is 0 Å². The molecule has 0 aliphatic rings. The number of nitrogens with one attached hydrogen (secondary N) is 1. The summed E-state index contributed by atoms with van der Waals surface area (Å²) < 4.78 is 0. The van der Waals surface area contributed by atoms with Crippen LogP contribution in [0, 0.1) is 10.1 Å². The van der Waals surface area contributed by atoms with Gasteiger partial charge in [0.1, 0.15) is 5.69 Å². The van der Waals surface area contributed by atoms with Crippen molar-refractivity contribution in [2.45, 2.75) is 6.54 Å². The third kappa shape index (κ3) is 3.36. The molecule has 0 aliphatic carbocycles. The van der Waals surface area contributed by atoms with Gasteiger partial charge in [-0.1, -0.05) is 35.3 Å². The lowest BCUT2D eigenvalue weighted by Gasteiger charge is -2.08. The fourth-order valence-electron chi connectivity index (χ4n) is 1.65. The highest BCUT2D eigenvalue weighted by Gasteiger charge is 2.12. The van der Waals surface area contributed by atoms with E-state index in [0.29, 0.717) is 22.3 Å². The number of nitro benzene ring substituents is 1. The molecule has 98 valence electrons. The van der Waals surface area contributed by atoms with Gasteiger partial charge in [-0.05, 0) is 29.8 Å². The number of nitro groups is 1. The number of nitrogens with zero attached hydrogens (tertiary/aromatic N) is 1. The molecule has 6 heteroatoms. The standard InChI is InChI=1S/C13H10Cl2N2O2/c14-10-5-6-11(15)9(7-10)8-16-12-3-1-2-4-13(12)17(18)19/h1-7,16H,8H2. The number of benzene rings is 2. The lowest BCUT2D eigenvalue weighted by molar-refractivity contribution is -0.384. The molecule has 0 heterocycles. The van der Waals surface area contributed by atoms with Crippen LogP contribution in [0.3, 0.4) is 0 Å². The van der Waals surface area contributed by atoms with Crippen LogP contribution >= 0.6 is 23.2 Å². The minimum Gasteiger partial charge on any atom is -0.375 e. The Morgan fingerprint density at radius 1 is 1.16 bits per heavy atom. The van der Waals surface area contributed by atoms with E-state index in [-0.39, 0.29) is 5.69 Å². The van der Waals surface area contributed by atoms with Gasteiger partial charge in [0.25, 0.3) is 5.69 Å². The predicted molar refractivity (Wildman–Crippen MR) is 76.9 cm³/mol. The van der Waals surface area contributed by atoms with E-state index in [2.05, 4.69) is 5.32 Å². The van der Waals surface area contributed by atoms with Crippen LogP contribution in [-0.2, 0) is 6.54 Å². The summed E-state index contributed by atoms with van der Waals surface area (Å²) in [7, 11) is 0. The summed E-state index contributed by atoms with van der Waals surface area (Å²) in [5.74, 6) is 0. The lowest BCUT2D eigenvalue weighted by Crippen LogP contribution is -2.03. The Bertz CT molecular complexity index is 617. The first kappa shape index (κ1) is 13.6. The van der Waals surface area contributed by atoms with E-state index in [0.717, 1.165) is 5.56 Å².